The normalized spacial score (nSPS) is 24.2. The Balaban J connectivity index is 1.49. The number of carbonyl (C=O) groups is 1. The van der Waals surface area contributed by atoms with E-state index in [-0.39, 0.29) is 5.91 Å². The van der Waals surface area contributed by atoms with Crippen molar-refractivity contribution in [1.29, 1.82) is 0 Å². The van der Waals surface area contributed by atoms with Crippen LogP contribution in [0.3, 0.4) is 0 Å². The number of aryl methyl sites for hydroxylation is 2. The lowest BCUT2D eigenvalue weighted by Crippen LogP contribution is -2.39. The van der Waals surface area contributed by atoms with Crippen molar-refractivity contribution in [1.82, 2.24) is 10.2 Å². The predicted octanol–water partition coefficient (Wildman–Crippen LogP) is 2.43. The lowest BCUT2D eigenvalue weighted by Gasteiger charge is -2.24. The number of hydrogen-bond donors (Lipinski definition) is 1. The van der Waals surface area contributed by atoms with Crippen LogP contribution >= 0.6 is 0 Å². The van der Waals surface area contributed by atoms with Crippen molar-refractivity contribution in [3.63, 3.8) is 0 Å². The summed E-state index contributed by atoms with van der Waals surface area (Å²) in [5, 5.41) is 3.61. The van der Waals surface area contributed by atoms with Gasteiger partial charge in [0, 0.05) is 25.2 Å². The molecule has 4 heteroatoms. The molecule has 2 saturated heterocycles. The minimum atomic E-state index is 0.222. The van der Waals surface area contributed by atoms with Gasteiger partial charge in [-0.2, -0.15) is 0 Å². The second kappa shape index (κ2) is 6.69. The van der Waals surface area contributed by atoms with Crippen molar-refractivity contribution < 1.29 is 9.53 Å². The Kier molecular flexibility index (Phi) is 4.67. The number of amides is 1. The molecule has 3 rings (SSSR count). The highest BCUT2D eigenvalue weighted by Crippen LogP contribution is 2.21. The number of nitrogens with zero attached hydrogens (tertiary/aromatic N) is 1. The second-order valence-corrected chi connectivity index (χ2v) is 6.63. The van der Waals surface area contributed by atoms with Crippen LogP contribution in [0, 0.1) is 13.8 Å². The van der Waals surface area contributed by atoms with Crippen LogP contribution in [0.5, 0.6) is 5.75 Å². The quantitative estimate of drug-likeness (QED) is 0.929. The highest BCUT2D eigenvalue weighted by atomic mass is 16.5. The van der Waals surface area contributed by atoms with E-state index >= 15 is 0 Å². The number of carbonyl (C=O) groups excluding carboxylic acids is 1. The maximum Gasteiger partial charge on any atom is 0.226 e. The van der Waals surface area contributed by atoms with E-state index in [1.54, 1.807) is 0 Å². The minimum Gasteiger partial charge on any atom is -0.493 e. The summed E-state index contributed by atoms with van der Waals surface area (Å²) in [5.41, 5.74) is 2.30. The zero-order valence-corrected chi connectivity index (χ0v) is 13.6. The van der Waals surface area contributed by atoms with Gasteiger partial charge in [-0.1, -0.05) is 12.1 Å². The Labute approximate surface area is 132 Å². The van der Waals surface area contributed by atoms with Crippen molar-refractivity contribution in [3.05, 3.63) is 29.3 Å². The van der Waals surface area contributed by atoms with E-state index in [0.29, 0.717) is 25.1 Å². The number of hydrogen-bond acceptors (Lipinski definition) is 3. The van der Waals surface area contributed by atoms with Crippen LogP contribution in [-0.4, -0.2) is 42.6 Å². The first kappa shape index (κ1) is 15.3. The van der Waals surface area contributed by atoms with Crippen molar-refractivity contribution in [2.24, 2.45) is 0 Å². The average molecular weight is 302 g/mol. The molecule has 4 nitrogen and oxygen atoms in total. The van der Waals surface area contributed by atoms with Gasteiger partial charge in [0.1, 0.15) is 5.75 Å². The average Bonchev–Trinajstić information content (AvgIpc) is 2.81. The number of ether oxygens (including phenoxy) is 1. The topological polar surface area (TPSA) is 41.6 Å². The van der Waals surface area contributed by atoms with E-state index in [9.17, 15) is 4.79 Å². The smallest absolute Gasteiger partial charge is 0.226 e. The molecule has 0 saturated carbocycles. The van der Waals surface area contributed by atoms with Gasteiger partial charge in [-0.3, -0.25) is 4.79 Å². The van der Waals surface area contributed by atoms with Gasteiger partial charge in [0.25, 0.3) is 0 Å². The molecule has 1 amide bonds. The molecule has 2 heterocycles. The molecule has 2 aliphatic rings. The summed E-state index contributed by atoms with van der Waals surface area (Å²) in [6.45, 7) is 6.29. The van der Waals surface area contributed by atoms with Crippen molar-refractivity contribution in [2.45, 2.75) is 51.6 Å². The maximum absolute atomic E-state index is 12.4. The fourth-order valence-corrected chi connectivity index (χ4v) is 3.44. The van der Waals surface area contributed by atoms with Gasteiger partial charge in [0.2, 0.25) is 5.91 Å². The lowest BCUT2D eigenvalue weighted by molar-refractivity contribution is -0.131. The fourth-order valence-electron chi connectivity index (χ4n) is 3.44. The predicted molar refractivity (Wildman–Crippen MR) is 87.2 cm³/mol. The Hall–Kier alpha value is -1.55. The highest BCUT2D eigenvalue weighted by molar-refractivity contribution is 5.76. The van der Waals surface area contributed by atoms with Crippen molar-refractivity contribution in [3.8, 4) is 5.75 Å². The Morgan fingerprint density at radius 2 is 2.09 bits per heavy atom. The van der Waals surface area contributed by atoms with Gasteiger partial charge in [0.05, 0.1) is 13.0 Å². The monoisotopic (exact) mass is 302 g/mol. The summed E-state index contributed by atoms with van der Waals surface area (Å²) in [7, 11) is 0. The standard InChI is InChI=1S/C18H26N2O2/c1-13-3-4-14(2)17(11-13)22-10-8-18(21)20-9-7-15-5-6-16(12-20)19-15/h3-4,11,15-16,19H,5-10,12H2,1-2H3. The first-order valence-electron chi connectivity index (χ1n) is 8.35. The molecule has 2 unspecified atom stereocenters. The molecule has 0 aromatic heterocycles. The van der Waals surface area contributed by atoms with Gasteiger partial charge in [-0.05, 0) is 50.3 Å². The van der Waals surface area contributed by atoms with E-state index in [0.717, 1.165) is 30.8 Å². The third-order valence-corrected chi connectivity index (χ3v) is 4.79. The largest absolute Gasteiger partial charge is 0.493 e. The zero-order valence-electron chi connectivity index (χ0n) is 13.6. The fraction of sp³-hybridized carbons (Fsp3) is 0.611. The number of rotatable bonds is 4. The van der Waals surface area contributed by atoms with Crippen molar-refractivity contribution in [2.75, 3.05) is 19.7 Å². The summed E-state index contributed by atoms with van der Waals surface area (Å²) in [4.78, 5) is 14.4. The van der Waals surface area contributed by atoms with Gasteiger partial charge in [-0.15, -0.1) is 0 Å². The molecule has 120 valence electrons. The summed E-state index contributed by atoms with van der Waals surface area (Å²) < 4.78 is 5.81. The van der Waals surface area contributed by atoms with Crippen LogP contribution in [0.15, 0.2) is 18.2 Å². The molecular weight excluding hydrogens is 276 g/mol. The van der Waals surface area contributed by atoms with Crippen molar-refractivity contribution >= 4 is 5.91 Å². The number of likely N-dealkylation sites (tertiary alicyclic amines) is 1. The molecule has 0 radical (unpaired) electrons. The zero-order chi connectivity index (χ0) is 15.5. The summed E-state index contributed by atoms with van der Waals surface area (Å²) in [6.07, 6.45) is 4.01. The molecule has 0 aliphatic carbocycles. The molecule has 2 fully saturated rings. The highest BCUT2D eigenvalue weighted by Gasteiger charge is 2.30. The first-order valence-corrected chi connectivity index (χ1v) is 8.35. The first-order chi connectivity index (χ1) is 10.6. The van der Waals surface area contributed by atoms with E-state index in [1.165, 1.54) is 18.4 Å². The molecule has 2 bridgehead atoms. The van der Waals surface area contributed by atoms with Gasteiger partial charge in [0.15, 0.2) is 0 Å². The second-order valence-electron chi connectivity index (χ2n) is 6.63. The van der Waals surface area contributed by atoms with Crippen LogP contribution in [0.1, 0.15) is 36.8 Å². The molecule has 1 aromatic rings. The Bertz CT molecular complexity index is 544. The summed E-state index contributed by atoms with van der Waals surface area (Å²) in [5.74, 6) is 1.11. The minimum absolute atomic E-state index is 0.222. The Morgan fingerprint density at radius 1 is 1.27 bits per heavy atom. The number of nitrogens with one attached hydrogen (secondary N) is 1. The Morgan fingerprint density at radius 3 is 2.95 bits per heavy atom. The molecular formula is C18H26N2O2. The SMILES string of the molecule is Cc1ccc(C)c(OCCC(=O)N2CCC3CCC(C2)N3)c1. The summed E-state index contributed by atoms with van der Waals surface area (Å²) in [6, 6.07) is 7.29. The van der Waals surface area contributed by atoms with Crippen LogP contribution < -0.4 is 10.1 Å². The number of benzene rings is 1. The number of fused-ring (bicyclic) bond motifs is 2. The molecule has 2 atom stereocenters. The van der Waals surface area contributed by atoms with E-state index in [2.05, 4.69) is 24.4 Å². The van der Waals surface area contributed by atoms with Gasteiger partial charge < -0.3 is 15.0 Å². The van der Waals surface area contributed by atoms with Crippen LogP contribution in [-0.2, 0) is 4.79 Å². The maximum atomic E-state index is 12.4. The van der Waals surface area contributed by atoms with Crippen LogP contribution in [0.2, 0.25) is 0 Å². The third-order valence-electron chi connectivity index (χ3n) is 4.79. The molecule has 2 aliphatic heterocycles. The van der Waals surface area contributed by atoms with Gasteiger partial charge in [-0.25, -0.2) is 0 Å². The third kappa shape index (κ3) is 3.61. The van der Waals surface area contributed by atoms with Crippen LogP contribution in [0.4, 0.5) is 0 Å². The molecule has 1 aromatic carbocycles. The molecule has 22 heavy (non-hydrogen) atoms. The summed E-state index contributed by atoms with van der Waals surface area (Å²) >= 11 is 0. The van der Waals surface area contributed by atoms with E-state index in [1.807, 2.05) is 17.9 Å². The van der Waals surface area contributed by atoms with E-state index < -0.39 is 0 Å². The molecule has 1 N–H and O–H groups in total. The molecule has 0 spiro atoms. The van der Waals surface area contributed by atoms with Gasteiger partial charge >= 0.3 is 0 Å². The van der Waals surface area contributed by atoms with E-state index in [4.69, 9.17) is 4.74 Å². The van der Waals surface area contributed by atoms with Crippen LogP contribution in [0.25, 0.3) is 0 Å². The lowest BCUT2D eigenvalue weighted by atomic mass is 10.1.